The molecule has 0 aliphatic rings. The van der Waals surface area contributed by atoms with Gasteiger partial charge in [-0.3, -0.25) is 20.0 Å². The van der Waals surface area contributed by atoms with Gasteiger partial charge in [-0.15, -0.1) is 0 Å². The molecule has 0 fully saturated rings. The molecule has 0 unspecified atom stereocenters. The molecule has 1 aromatic rings. The van der Waals surface area contributed by atoms with Crippen LogP contribution < -0.4 is 16.5 Å². The molecule has 1 rings (SSSR count). The summed E-state index contributed by atoms with van der Waals surface area (Å²) in [5.41, 5.74) is 9.52. The van der Waals surface area contributed by atoms with Crippen molar-refractivity contribution in [3.63, 3.8) is 0 Å². The lowest BCUT2D eigenvalue weighted by atomic mass is 10.0. The topological polar surface area (TPSA) is 114 Å². The minimum absolute atomic E-state index is 0.220. The molecule has 0 heterocycles. The summed E-state index contributed by atoms with van der Waals surface area (Å²) < 4.78 is 4.79. The van der Waals surface area contributed by atoms with Crippen LogP contribution in [0.4, 0.5) is 0 Å². The van der Waals surface area contributed by atoms with Gasteiger partial charge in [0.25, 0.3) is 11.8 Å². The van der Waals surface area contributed by atoms with Gasteiger partial charge in [0.1, 0.15) is 0 Å². The number of carbonyl (C=O) groups excluding carboxylic acids is 3. The molecule has 0 spiro atoms. The van der Waals surface area contributed by atoms with E-state index in [1.54, 1.807) is 6.92 Å². The standard InChI is InChI=1S/C24H38N4O4/c1-4-32-23(30)14-13-22(29)28(17-9-15-25)27-24(31)21(18-19(2)3)26-16-8-12-20-10-6-5-7-11-20/h5-7,10-11,13-14,19,21,26H,4,8-9,12,15-18,25H2,1-3H3,(H,27,31)/b14-13+/t21-/m0/s1. The third kappa shape index (κ3) is 11.6. The Labute approximate surface area is 191 Å². The monoisotopic (exact) mass is 446 g/mol. The number of ether oxygens (including phenoxy) is 1. The molecule has 8 heteroatoms. The third-order valence-electron chi connectivity index (χ3n) is 4.65. The summed E-state index contributed by atoms with van der Waals surface area (Å²) in [5, 5.41) is 4.52. The van der Waals surface area contributed by atoms with E-state index in [-0.39, 0.29) is 19.1 Å². The quantitative estimate of drug-likeness (QED) is 0.174. The maximum Gasteiger partial charge on any atom is 0.330 e. The zero-order chi connectivity index (χ0) is 23.8. The van der Waals surface area contributed by atoms with Gasteiger partial charge in [-0.2, -0.15) is 0 Å². The lowest BCUT2D eigenvalue weighted by Gasteiger charge is -2.26. The van der Waals surface area contributed by atoms with E-state index in [2.05, 4.69) is 22.9 Å². The molecule has 8 nitrogen and oxygen atoms in total. The minimum Gasteiger partial charge on any atom is -0.463 e. The predicted octanol–water partition coefficient (Wildman–Crippen LogP) is 1.95. The fourth-order valence-corrected chi connectivity index (χ4v) is 3.07. The Kier molecular flexibility index (Phi) is 13.7. The highest BCUT2D eigenvalue weighted by Gasteiger charge is 2.22. The Morgan fingerprint density at radius 1 is 1.12 bits per heavy atom. The Morgan fingerprint density at radius 3 is 2.47 bits per heavy atom. The lowest BCUT2D eigenvalue weighted by molar-refractivity contribution is -0.140. The average molecular weight is 447 g/mol. The van der Waals surface area contributed by atoms with Gasteiger partial charge in [0.05, 0.1) is 12.6 Å². The molecule has 1 aromatic carbocycles. The normalized spacial score (nSPS) is 12.0. The second kappa shape index (κ2) is 16.0. The molecular weight excluding hydrogens is 408 g/mol. The van der Waals surface area contributed by atoms with Crippen molar-refractivity contribution in [2.45, 2.75) is 52.5 Å². The summed E-state index contributed by atoms with van der Waals surface area (Å²) in [6.07, 6.45) is 5.11. The van der Waals surface area contributed by atoms with Crippen LogP contribution in [0.25, 0.3) is 0 Å². The third-order valence-corrected chi connectivity index (χ3v) is 4.65. The molecule has 0 saturated carbocycles. The van der Waals surface area contributed by atoms with Crippen LogP contribution in [0.15, 0.2) is 42.5 Å². The Balaban J connectivity index is 2.70. The highest BCUT2D eigenvalue weighted by molar-refractivity contribution is 5.95. The van der Waals surface area contributed by atoms with Crippen molar-refractivity contribution in [2.24, 2.45) is 11.7 Å². The Bertz CT molecular complexity index is 722. The maximum absolute atomic E-state index is 12.9. The highest BCUT2D eigenvalue weighted by atomic mass is 16.5. The van der Waals surface area contributed by atoms with Gasteiger partial charge >= 0.3 is 5.97 Å². The smallest absolute Gasteiger partial charge is 0.330 e. The highest BCUT2D eigenvalue weighted by Crippen LogP contribution is 2.07. The van der Waals surface area contributed by atoms with Crippen LogP contribution in [0.1, 0.15) is 45.6 Å². The van der Waals surface area contributed by atoms with Crippen molar-refractivity contribution >= 4 is 17.8 Å². The zero-order valence-corrected chi connectivity index (χ0v) is 19.5. The van der Waals surface area contributed by atoms with E-state index < -0.39 is 17.9 Å². The molecule has 1 atom stereocenters. The van der Waals surface area contributed by atoms with Crippen LogP contribution in [0, 0.1) is 5.92 Å². The summed E-state index contributed by atoms with van der Waals surface area (Å²) in [5.74, 6) is -1.10. The van der Waals surface area contributed by atoms with Crippen LogP contribution in [-0.2, 0) is 25.5 Å². The SMILES string of the molecule is CCOC(=O)/C=C/C(=O)N(CCCN)NC(=O)[C@H](CC(C)C)NCCCc1ccccc1. The van der Waals surface area contributed by atoms with Crippen LogP contribution in [0.5, 0.6) is 0 Å². The number of carbonyl (C=O) groups is 3. The van der Waals surface area contributed by atoms with Crippen molar-refractivity contribution in [3.05, 3.63) is 48.0 Å². The van der Waals surface area contributed by atoms with Gasteiger partial charge in [0.2, 0.25) is 0 Å². The molecule has 0 aliphatic heterocycles. The van der Waals surface area contributed by atoms with Crippen LogP contribution in [0.3, 0.4) is 0 Å². The van der Waals surface area contributed by atoms with E-state index in [0.29, 0.717) is 31.8 Å². The van der Waals surface area contributed by atoms with Gasteiger partial charge in [0.15, 0.2) is 0 Å². The first kappa shape index (κ1) is 27.3. The first-order valence-corrected chi connectivity index (χ1v) is 11.3. The number of hydrogen-bond acceptors (Lipinski definition) is 6. The van der Waals surface area contributed by atoms with Gasteiger partial charge in [-0.25, -0.2) is 4.79 Å². The van der Waals surface area contributed by atoms with Gasteiger partial charge in [-0.1, -0.05) is 44.2 Å². The predicted molar refractivity (Wildman–Crippen MR) is 125 cm³/mol. The van der Waals surface area contributed by atoms with E-state index in [4.69, 9.17) is 10.5 Å². The summed E-state index contributed by atoms with van der Waals surface area (Å²) in [6.45, 7) is 7.29. The number of rotatable bonds is 14. The fraction of sp³-hybridized carbons (Fsp3) is 0.542. The van der Waals surface area contributed by atoms with Crippen LogP contribution >= 0.6 is 0 Å². The van der Waals surface area contributed by atoms with Crippen LogP contribution in [-0.4, -0.2) is 55.1 Å². The molecule has 0 radical (unpaired) electrons. The van der Waals surface area contributed by atoms with E-state index >= 15 is 0 Å². The van der Waals surface area contributed by atoms with E-state index in [1.807, 2.05) is 32.0 Å². The number of aryl methyl sites for hydroxylation is 1. The number of benzene rings is 1. The number of nitrogens with one attached hydrogen (secondary N) is 2. The van der Waals surface area contributed by atoms with Crippen molar-refractivity contribution in [1.82, 2.24) is 15.8 Å². The molecule has 4 N–H and O–H groups in total. The van der Waals surface area contributed by atoms with Crippen molar-refractivity contribution < 1.29 is 19.1 Å². The molecule has 32 heavy (non-hydrogen) atoms. The summed E-state index contributed by atoms with van der Waals surface area (Å²) in [6, 6.07) is 9.76. The van der Waals surface area contributed by atoms with Gasteiger partial charge in [-0.05, 0) is 57.2 Å². The Hall–Kier alpha value is -2.71. The first-order valence-electron chi connectivity index (χ1n) is 11.3. The second-order valence-electron chi connectivity index (χ2n) is 7.92. The fourth-order valence-electron chi connectivity index (χ4n) is 3.07. The number of hydrazine groups is 1. The number of nitrogens with two attached hydrogens (primary N) is 1. The molecule has 0 bridgehead atoms. The molecular formula is C24H38N4O4. The summed E-state index contributed by atoms with van der Waals surface area (Å²) >= 11 is 0. The number of nitrogens with zero attached hydrogens (tertiary/aromatic N) is 1. The number of esters is 1. The van der Waals surface area contributed by atoms with E-state index in [1.165, 1.54) is 10.6 Å². The number of amides is 2. The van der Waals surface area contributed by atoms with E-state index in [0.717, 1.165) is 25.0 Å². The van der Waals surface area contributed by atoms with E-state index in [9.17, 15) is 14.4 Å². The van der Waals surface area contributed by atoms with Gasteiger partial charge < -0.3 is 15.8 Å². The largest absolute Gasteiger partial charge is 0.463 e. The van der Waals surface area contributed by atoms with Crippen LogP contribution in [0.2, 0.25) is 0 Å². The van der Waals surface area contributed by atoms with Crippen molar-refractivity contribution in [3.8, 4) is 0 Å². The molecule has 0 saturated heterocycles. The molecule has 178 valence electrons. The molecule has 0 aromatic heterocycles. The average Bonchev–Trinajstić information content (AvgIpc) is 2.77. The molecule has 0 aliphatic carbocycles. The van der Waals surface area contributed by atoms with Crippen molar-refractivity contribution in [2.75, 3.05) is 26.2 Å². The minimum atomic E-state index is -0.608. The first-order chi connectivity index (χ1) is 15.4. The number of hydrogen-bond donors (Lipinski definition) is 3. The molecule has 2 amide bonds. The summed E-state index contributed by atoms with van der Waals surface area (Å²) in [7, 11) is 0. The second-order valence-corrected chi connectivity index (χ2v) is 7.92. The zero-order valence-electron chi connectivity index (χ0n) is 19.5. The maximum atomic E-state index is 12.9. The lowest BCUT2D eigenvalue weighted by Crippen LogP contribution is -2.53. The summed E-state index contributed by atoms with van der Waals surface area (Å²) in [4.78, 5) is 36.9. The van der Waals surface area contributed by atoms with Crippen molar-refractivity contribution in [1.29, 1.82) is 0 Å². The van der Waals surface area contributed by atoms with Gasteiger partial charge in [0, 0.05) is 18.7 Å². The Morgan fingerprint density at radius 2 is 1.84 bits per heavy atom.